The fraction of sp³-hybridized carbons (Fsp3) is 0.385. The van der Waals surface area contributed by atoms with Gasteiger partial charge in [0.25, 0.3) is 5.91 Å². The van der Waals surface area contributed by atoms with Gasteiger partial charge in [0.2, 0.25) is 0 Å². The van der Waals surface area contributed by atoms with Crippen molar-refractivity contribution in [3.8, 4) is 16.9 Å². The van der Waals surface area contributed by atoms with Crippen molar-refractivity contribution < 1.29 is 13.6 Å². The predicted molar refractivity (Wildman–Crippen MR) is 133 cm³/mol. The molecule has 5 rings (SSSR count). The molecule has 0 saturated carbocycles. The number of likely N-dealkylation sites (tertiary alicyclic amines) is 1. The maximum Gasteiger partial charge on any atom is 0.274 e. The molecule has 1 amide bonds. The molecule has 9 heteroatoms. The number of piperidine rings is 1. The van der Waals surface area contributed by atoms with E-state index in [2.05, 4.69) is 15.3 Å². The van der Waals surface area contributed by atoms with Crippen LogP contribution in [0.3, 0.4) is 0 Å². The molecule has 1 aromatic heterocycles. The number of likely N-dealkylation sites (N-methyl/N-ethyl adjacent to an activating group) is 1. The van der Waals surface area contributed by atoms with Gasteiger partial charge in [-0.15, -0.1) is 0 Å². The Balaban J connectivity index is 1.56. The molecule has 1 atom stereocenters. The van der Waals surface area contributed by atoms with Gasteiger partial charge in [-0.1, -0.05) is 6.07 Å². The zero-order valence-electron chi connectivity index (χ0n) is 19.8. The largest absolute Gasteiger partial charge is 0.396 e. The lowest BCUT2D eigenvalue weighted by atomic mass is 10.1. The summed E-state index contributed by atoms with van der Waals surface area (Å²) in [6.45, 7) is 3.01. The number of nitrogens with one attached hydrogen (secondary N) is 1. The van der Waals surface area contributed by atoms with Crippen molar-refractivity contribution >= 4 is 17.3 Å². The third-order valence-corrected chi connectivity index (χ3v) is 6.97. The van der Waals surface area contributed by atoms with E-state index in [1.807, 2.05) is 13.1 Å². The summed E-state index contributed by atoms with van der Waals surface area (Å²) >= 11 is 0. The lowest BCUT2D eigenvalue weighted by Crippen LogP contribution is -2.47. The van der Waals surface area contributed by atoms with Crippen molar-refractivity contribution in [1.82, 2.24) is 20.0 Å². The van der Waals surface area contributed by atoms with Crippen LogP contribution in [0.1, 0.15) is 36.2 Å². The first-order valence-electron chi connectivity index (χ1n) is 12.1. The number of benzene rings is 2. The second-order valence-electron chi connectivity index (χ2n) is 9.27. The molecule has 3 N–H and O–H groups in total. The van der Waals surface area contributed by atoms with Gasteiger partial charge in [-0.05, 0) is 69.1 Å². The molecule has 0 spiro atoms. The van der Waals surface area contributed by atoms with E-state index in [9.17, 15) is 9.18 Å². The van der Waals surface area contributed by atoms with Crippen LogP contribution < -0.4 is 16.0 Å². The number of amides is 1. The molecular formula is C26H30F2N6O. The summed E-state index contributed by atoms with van der Waals surface area (Å²) in [5.41, 5.74) is 7.77. The minimum absolute atomic E-state index is 0.0173. The molecule has 0 unspecified atom stereocenters. The molecule has 7 nitrogen and oxygen atoms in total. The summed E-state index contributed by atoms with van der Waals surface area (Å²) in [5, 5.41) is 7.75. The standard InChI is InChI=1S/C26H30F2N6O/c1-30-18-5-4-12-33(16-18)26(35)23-15-25(17-6-8-22(29)20(27)13-17)34(31-23)24-9-7-19(14-21(24)28)32-10-2-3-11-32/h6-9,13-15,18,30H,2-5,10-12,16,29H2,1H3/t18-/m1/s1. The van der Waals surface area contributed by atoms with Gasteiger partial charge < -0.3 is 20.9 Å². The molecule has 2 aliphatic rings. The maximum absolute atomic E-state index is 15.4. The Labute approximate surface area is 203 Å². The summed E-state index contributed by atoms with van der Waals surface area (Å²) < 4.78 is 31.1. The number of nitrogens with two attached hydrogens (primary N) is 1. The molecule has 184 valence electrons. The number of carbonyl (C=O) groups excluding carboxylic acids is 1. The lowest BCUT2D eigenvalue weighted by molar-refractivity contribution is 0.0691. The molecule has 2 aliphatic heterocycles. The summed E-state index contributed by atoms with van der Waals surface area (Å²) in [6.07, 6.45) is 4.07. The number of halogens is 2. The molecule has 3 aromatic rings. The molecule has 0 aliphatic carbocycles. The van der Waals surface area contributed by atoms with E-state index in [-0.39, 0.29) is 29.0 Å². The fourth-order valence-corrected chi connectivity index (χ4v) is 4.96. The summed E-state index contributed by atoms with van der Waals surface area (Å²) in [5.74, 6) is -1.27. The number of anilines is 2. The van der Waals surface area contributed by atoms with Crippen molar-refractivity contribution in [1.29, 1.82) is 0 Å². The minimum Gasteiger partial charge on any atom is -0.396 e. The molecule has 2 saturated heterocycles. The zero-order valence-corrected chi connectivity index (χ0v) is 19.8. The average Bonchev–Trinajstić information content (AvgIpc) is 3.56. The smallest absolute Gasteiger partial charge is 0.274 e. The topological polar surface area (TPSA) is 79.4 Å². The monoisotopic (exact) mass is 480 g/mol. The molecule has 0 radical (unpaired) electrons. The first kappa shape index (κ1) is 23.3. The summed E-state index contributed by atoms with van der Waals surface area (Å²) in [4.78, 5) is 17.3. The highest BCUT2D eigenvalue weighted by Crippen LogP contribution is 2.30. The Morgan fingerprint density at radius 3 is 2.54 bits per heavy atom. The average molecular weight is 481 g/mol. The van der Waals surface area contributed by atoms with Crippen LogP contribution >= 0.6 is 0 Å². The Bertz CT molecular complexity index is 1240. The second-order valence-corrected chi connectivity index (χ2v) is 9.27. The Morgan fingerprint density at radius 2 is 1.83 bits per heavy atom. The van der Waals surface area contributed by atoms with Crippen LogP contribution in [0.4, 0.5) is 20.2 Å². The van der Waals surface area contributed by atoms with Crippen molar-refractivity contribution in [3.05, 3.63) is 59.8 Å². The Hall–Kier alpha value is -3.46. The van der Waals surface area contributed by atoms with Crippen molar-refractivity contribution in [2.24, 2.45) is 0 Å². The lowest BCUT2D eigenvalue weighted by Gasteiger charge is -2.32. The van der Waals surface area contributed by atoms with Gasteiger partial charge >= 0.3 is 0 Å². The Kier molecular flexibility index (Phi) is 6.42. The van der Waals surface area contributed by atoms with E-state index in [4.69, 9.17) is 5.73 Å². The van der Waals surface area contributed by atoms with E-state index in [1.54, 1.807) is 23.1 Å². The van der Waals surface area contributed by atoms with E-state index in [1.165, 1.54) is 22.9 Å². The molecule has 35 heavy (non-hydrogen) atoms. The highest BCUT2D eigenvalue weighted by atomic mass is 19.1. The van der Waals surface area contributed by atoms with Crippen molar-refractivity contribution in [2.75, 3.05) is 43.9 Å². The zero-order chi connectivity index (χ0) is 24.5. The summed E-state index contributed by atoms with van der Waals surface area (Å²) in [7, 11) is 1.88. The van der Waals surface area contributed by atoms with Crippen molar-refractivity contribution in [3.63, 3.8) is 0 Å². The number of aromatic nitrogens is 2. The Morgan fingerprint density at radius 1 is 1.03 bits per heavy atom. The van der Waals surface area contributed by atoms with Crippen LogP contribution in [0.15, 0.2) is 42.5 Å². The van der Waals surface area contributed by atoms with Gasteiger partial charge in [-0.3, -0.25) is 4.79 Å². The van der Waals surface area contributed by atoms with Gasteiger partial charge in [0, 0.05) is 43.5 Å². The van der Waals surface area contributed by atoms with E-state index >= 15 is 4.39 Å². The van der Waals surface area contributed by atoms with E-state index < -0.39 is 11.6 Å². The number of nitrogens with zero attached hydrogens (tertiary/aromatic N) is 4. The van der Waals surface area contributed by atoms with Crippen LogP contribution in [0.2, 0.25) is 0 Å². The second kappa shape index (κ2) is 9.65. The van der Waals surface area contributed by atoms with Crippen LogP contribution in [0, 0.1) is 11.6 Å². The quantitative estimate of drug-likeness (QED) is 0.543. The third kappa shape index (κ3) is 4.60. The number of hydrogen-bond donors (Lipinski definition) is 2. The minimum atomic E-state index is -0.583. The van der Waals surface area contributed by atoms with Gasteiger partial charge in [0.1, 0.15) is 11.5 Å². The van der Waals surface area contributed by atoms with Crippen LogP contribution in [0.25, 0.3) is 16.9 Å². The van der Waals surface area contributed by atoms with Gasteiger partial charge in [-0.25, -0.2) is 13.5 Å². The fourth-order valence-electron chi connectivity index (χ4n) is 4.96. The highest BCUT2D eigenvalue weighted by molar-refractivity contribution is 5.94. The number of carbonyl (C=O) groups is 1. The van der Waals surface area contributed by atoms with Crippen molar-refractivity contribution in [2.45, 2.75) is 31.7 Å². The first-order valence-corrected chi connectivity index (χ1v) is 12.1. The SMILES string of the molecule is CN[C@@H]1CCCN(C(=O)c2cc(-c3ccc(N)c(F)c3)n(-c3ccc(N4CCCC4)cc3F)n2)C1. The van der Waals surface area contributed by atoms with Gasteiger partial charge in [-0.2, -0.15) is 5.10 Å². The molecule has 2 fully saturated rings. The normalized spacial score (nSPS) is 18.3. The van der Waals surface area contributed by atoms with Crippen LogP contribution in [-0.4, -0.2) is 59.9 Å². The van der Waals surface area contributed by atoms with Crippen LogP contribution in [0.5, 0.6) is 0 Å². The first-order chi connectivity index (χ1) is 16.9. The van der Waals surface area contributed by atoms with Gasteiger partial charge in [0.15, 0.2) is 11.5 Å². The number of rotatable bonds is 5. The molecule has 2 aromatic carbocycles. The highest BCUT2D eigenvalue weighted by Gasteiger charge is 2.27. The van der Waals surface area contributed by atoms with Crippen LogP contribution in [-0.2, 0) is 0 Å². The molecular weight excluding hydrogens is 450 g/mol. The molecule has 0 bridgehead atoms. The molecule has 3 heterocycles. The van der Waals surface area contributed by atoms with E-state index in [0.29, 0.717) is 24.3 Å². The number of nitrogen functional groups attached to an aromatic ring is 1. The van der Waals surface area contributed by atoms with Gasteiger partial charge in [0.05, 0.1) is 11.4 Å². The maximum atomic E-state index is 15.4. The predicted octanol–water partition coefficient (Wildman–Crippen LogP) is 3.82. The number of hydrogen-bond acceptors (Lipinski definition) is 5. The summed E-state index contributed by atoms with van der Waals surface area (Å²) in [6, 6.07) is 11.2. The van der Waals surface area contributed by atoms with E-state index in [0.717, 1.165) is 44.5 Å². The third-order valence-electron chi connectivity index (χ3n) is 6.97.